The Kier molecular flexibility index (Phi) is 4.08. The number of rotatable bonds is 3. The molecule has 0 aromatic rings. The first-order valence-corrected chi connectivity index (χ1v) is 6.85. The molecule has 92 valence electrons. The Morgan fingerprint density at radius 1 is 1.19 bits per heavy atom. The molecule has 0 unspecified atom stereocenters. The predicted molar refractivity (Wildman–Crippen MR) is 65.4 cm³/mol. The van der Waals surface area contributed by atoms with Crippen molar-refractivity contribution < 1.29 is 4.79 Å². The van der Waals surface area contributed by atoms with Crippen molar-refractivity contribution in [3.63, 3.8) is 0 Å². The highest BCUT2D eigenvalue weighted by molar-refractivity contribution is 5.74. The molecular formula is C13H24N2O. The van der Waals surface area contributed by atoms with Gasteiger partial charge in [-0.25, -0.2) is 4.79 Å². The summed E-state index contributed by atoms with van der Waals surface area (Å²) in [6, 6.07) is 0.288. The molecular weight excluding hydrogens is 200 g/mol. The standard InChI is InChI=1S/C13H24N2O/c1-2-14(11-12-7-8-12)13(16)15-9-5-3-4-6-10-15/h12H,2-11H2,1H3. The number of hydrogen-bond donors (Lipinski definition) is 0. The maximum atomic E-state index is 12.3. The van der Waals surface area contributed by atoms with E-state index in [-0.39, 0.29) is 6.03 Å². The van der Waals surface area contributed by atoms with E-state index in [1.807, 2.05) is 4.90 Å². The number of carbonyl (C=O) groups is 1. The van der Waals surface area contributed by atoms with Gasteiger partial charge in [0, 0.05) is 26.2 Å². The first-order valence-electron chi connectivity index (χ1n) is 6.85. The van der Waals surface area contributed by atoms with Crippen LogP contribution in [-0.2, 0) is 0 Å². The second-order valence-corrected chi connectivity index (χ2v) is 5.17. The Labute approximate surface area is 98.8 Å². The molecule has 1 aliphatic carbocycles. The molecule has 0 N–H and O–H groups in total. The van der Waals surface area contributed by atoms with Crippen LogP contribution in [0, 0.1) is 5.92 Å². The molecule has 0 aromatic heterocycles. The van der Waals surface area contributed by atoms with E-state index >= 15 is 0 Å². The lowest BCUT2D eigenvalue weighted by Gasteiger charge is -2.29. The van der Waals surface area contributed by atoms with E-state index in [1.54, 1.807) is 0 Å². The van der Waals surface area contributed by atoms with Crippen molar-refractivity contribution in [2.24, 2.45) is 5.92 Å². The average Bonchev–Trinajstić information content (AvgIpc) is 3.12. The smallest absolute Gasteiger partial charge is 0.319 e. The molecule has 0 bridgehead atoms. The Bertz CT molecular complexity index is 226. The summed E-state index contributed by atoms with van der Waals surface area (Å²) < 4.78 is 0. The molecule has 1 saturated heterocycles. The number of hydrogen-bond acceptors (Lipinski definition) is 1. The first-order chi connectivity index (χ1) is 7.81. The number of nitrogens with zero attached hydrogens (tertiary/aromatic N) is 2. The molecule has 16 heavy (non-hydrogen) atoms. The molecule has 2 fully saturated rings. The van der Waals surface area contributed by atoms with E-state index < -0.39 is 0 Å². The Hall–Kier alpha value is -0.730. The topological polar surface area (TPSA) is 23.6 Å². The zero-order valence-corrected chi connectivity index (χ0v) is 10.5. The third-order valence-corrected chi connectivity index (χ3v) is 3.70. The molecule has 2 rings (SSSR count). The van der Waals surface area contributed by atoms with Gasteiger partial charge < -0.3 is 9.80 Å². The van der Waals surface area contributed by atoms with Crippen molar-refractivity contribution in [1.29, 1.82) is 0 Å². The van der Waals surface area contributed by atoms with E-state index in [9.17, 15) is 4.79 Å². The minimum Gasteiger partial charge on any atom is -0.325 e. The van der Waals surface area contributed by atoms with Gasteiger partial charge >= 0.3 is 6.03 Å². The van der Waals surface area contributed by atoms with Gasteiger partial charge in [-0.3, -0.25) is 0 Å². The second-order valence-electron chi connectivity index (χ2n) is 5.17. The van der Waals surface area contributed by atoms with Gasteiger partial charge in [0.2, 0.25) is 0 Å². The summed E-state index contributed by atoms with van der Waals surface area (Å²) >= 11 is 0. The van der Waals surface area contributed by atoms with Gasteiger partial charge in [0.05, 0.1) is 0 Å². The summed E-state index contributed by atoms with van der Waals surface area (Å²) in [6.07, 6.45) is 7.60. The molecule has 1 heterocycles. The summed E-state index contributed by atoms with van der Waals surface area (Å²) in [4.78, 5) is 16.4. The van der Waals surface area contributed by atoms with Gasteiger partial charge in [0.1, 0.15) is 0 Å². The van der Waals surface area contributed by atoms with Crippen LogP contribution in [0.1, 0.15) is 45.4 Å². The lowest BCUT2D eigenvalue weighted by molar-refractivity contribution is 0.154. The first kappa shape index (κ1) is 11.7. The lowest BCUT2D eigenvalue weighted by atomic mass is 10.2. The molecule has 3 nitrogen and oxygen atoms in total. The maximum absolute atomic E-state index is 12.3. The van der Waals surface area contributed by atoms with E-state index in [0.717, 1.165) is 32.1 Å². The molecule has 2 amide bonds. The van der Waals surface area contributed by atoms with Crippen LogP contribution in [0.2, 0.25) is 0 Å². The van der Waals surface area contributed by atoms with Crippen molar-refractivity contribution in [1.82, 2.24) is 9.80 Å². The largest absolute Gasteiger partial charge is 0.325 e. The molecule has 3 heteroatoms. The van der Waals surface area contributed by atoms with Gasteiger partial charge in [0.25, 0.3) is 0 Å². The summed E-state index contributed by atoms with van der Waals surface area (Å²) in [7, 11) is 0. The third kappa shape index (κ3) is 3.13. The normalized spacial score (nSPS) is 21.7. The highest BCUT2D eigenvalue weighted by Gasteiger charge is 2.28. The average molecular weight is 224 g/mol. The van der Waals surface area contributed by atoms with Gasteiger partial charge in [-0.15, -0.1) is 0 Å². The van der Waals surface area contributed by atoms with Crippen molar-refractivity contribution in [2.45, 2.75) is 45.4 Å². The minimum absolute atomic E-state index is 0.288. The summed E-state index contributed by atoms with van der Waals surface area (Å²) in [6.45, 7) is 5.90. The Morgan fingerprint density at radius 2 is 1.81 bits per heavy atom. The molecule has 0 spiro atoms. The van der Waals surface area contributed by atoms with E-state index in [1.165, 1.54) is 38.5 Å². The van der Waals surface area contributed by atoms with Gasteiger partial charge in [-0.05, 0) is 38.5 Å². The van der Waals surface area contributed by atoms with Gasteiger partial charge in [0.15, 0.2) is 0 Å². The van der Waals surface area contributed by atoms with Crippen LogP contribution in [-0.4, -0.2) is 42.0 Å². The number of urea groups is 1. The van der Waals surface area contributed by atoms with Crippen molar-refractivity contribution in [2.75, 3.05) is 26.2 Å². The van der Waals surface area contributed by atoms with Gasteiger partial charge in [-0.1, -0.05) is 12.8 Å². The molecule has 1 aliphatic heterocycles. The summed E-state index contributed by atoms with van der Waals surface area (Å²) in [5.74, 6) is 0.802. The van der Waals surface area contributed by atoms with Crippen molar-refractivity contribution >= 4 is 6.03 Å². The van der Waals surface area contributed by atoms with Crippen LogP contribution in [0.25, 0.3) is 0 Å². The van der Waals surface area contributed by atoms with Crippen LogP contribution in [0.15, 0.2) is 0 Å². The van der Waals surface area contributed by atoms with Crippen LogP contribution in [0.3, 0.4) is 0 Å². The molecule has 0 atom stereocenters. The highest BCUT2D eigenvalue weighted by atomic mass is 16.2. The summed E-state index contributed by atoms with van der Waals surface area (Å²) in [5.41, 5.74) is 0. The highest BCUT2D eigenvalue weighted by Crippen LogP contribution is 2.30. The van der Waals surface area contributed by atoms with E-state index in [0.29, 0.717) is 0 Å². The van der Waals surface area contributed by atoms with Crippen LogP contribution < -0.4 is 0 Å². The molecule has 0 radical (unpaired) electrons. The fraction of sp³-hybridized carbons (Fsp3) is 0.923. The second kappa shape index (κ2) is 5.55. The zero-order chi connectivity index (χ0) is 11.4. The summed E-state index contributed by atoms with van der Waals surface area (Å²) in [5, 5.41) is 0. The molecule has 2 aliphatic rings. The third-order valence-electron chi connectivity index (χ3n) is 3.70. The molecule has 0 aromatic carbocycles. The number of carbonyl (C=O) groups excluding carboxylic acids is 1. The molecule has 1 saturated carbocycles. The maximum Gasteiger partial charge on any atom is 0.319 e. The fourth-order valence-corrected chi connectivity index (χ4v) is 2.42. The quantitative estimate of drug-likeness (QED) is 0.723. The van der Waals surface area contributed by atoms with E-state index in [2.05, 4.69) is 11.8 Å². The lowest BCUT2D eigenvalue weighted by Crippen LogP contribution is -2.44. The fourth-order valence-electron chi connectivity index (χ4n) is 2.42. The zero-order valence-electron chi connectivity index (χ0n) is 10.5. The monoisotopic (exact) mass is 224 g/mol. The van der Waals surface area contributed by atoms with Gasteiger partial charge in [-0.2, -0.15) is 0 Å². The minimum atomic E-state index is 0.288. The van der Waals surface area contributed by atoms with Crippen LogP contribution in [0.5, 0.6) is 0 Å². The SMILES string of the molecule is CCN(CC1CC1)C(=O)N1CCCCCC1. The predicted octanol–water partition coefficient (Wildman–Crippen LogP) is 2.71. The van der Waals surface area contributed by atoms with Crippen molar-refractivity contribution in [3.05, 3.63) is 0 Å². The van der Waals surface area contributed by atoms with Crippen LogP contribution >= 0.6 is 0 Å². The Balaban J connectivity index is 1.86. The number of amides is 2. The van der Waals surface area contributed by atoms with E-state index in [4.69, 9.17) is 0 Å². The number of likely N-dealkylation sites (tertiary alicyclic amines) is 1. The Morgan fingerprint density at radius 3 is 2.31 bits per heavy atom. The van der Waals surface area contributed by atoms with Crippen LogP contribution in [0.4, 0.5) is 4.79 Å². The van der Waals surface area contributed by atoms with Crippen molar-refractivity contribution in [3.8, 4) is 0 Å².